The van der Waals surface area contributed by atoms with Crippen molar-refractivity contribution in [1.82, 2.24) is 0 Å². The summed E-state index contributed by atoms with van der Waals surface area (Å²) in [6.07, 6.45) is 3.05. The molecule has 0 atom stereocenters. The summed E-state index contributed by atoms with van der Waals surface area (Å²) >= 11 is 0. The summed E-state index contributed by atoms with van der Waals surface area (Å²) in [5.74, 6) is 0.298. The second-order valence-electron chi connectivity index (χ2n) is 5.93. The quantitative estimate of drug-likeness (QED) is 0.413. The van der Waals surface area contributed by atoms with Crippen molar-refractivity contribution in [3.63, 3.8) is 0 Å². The Bertz CT molecular complexity index is 1070. The Labute approximate surface area is 150 Å². The van der Waals surface area contributed by atoms with Crippen LogP contribution in [0.4, 0.5) is 0 Å². The smallest absolute Gasteiger partial charge is 0.125 e. The highest BCUT2D eigenvalue weighted by molar-refractivity contribution is 6.04. The molecule has 4 nitrogen and oxygen atoms in total. The van der Waals surface area contributed by atoms with Gasteiger partial charge in [-0.15, -0.1) is 0 Å². The van der Waals surface area contributed by atoms with Gasteiger partial charge in [-0.1, -0.05) is 60.7 Å². The number of nitrogens with zero attached hydrogens (tertiary/aromatic N) is 2. The lowest BCUT2D eigenvalue weighted by Crippen LogP contribution is -1.87. The lowest BCUT2D eigenvalue weighted by atomic mass is 10.0. The van der Waals surface area contributed by atoms with E-state index in [0.717, 1.165) is 21.5 Å². The fourth-order valence-electron chi connectivity index (χ4n) is 3.02. The fourth-order valence-corrected chi connectivity index (χ4v) is 3.02. The Morgan fingerprint density at radius 3 is 1.42 bits per heavy atom. The van der Waals surface area contributed by atoms with Crippen LogP contribution in [0.15, 0.2) is 83.0 Å². The molecule has 2 N–H and O–H groups in total. The van der Waals surface area contributed by atoms with Crippen LogP contribution in [-0.2, 0) is 0 Å². The number of benzene rings is 4. The molecule has 0 amide bonds. The van der Waals surface area contributed by atoms with E-state index in [4.69, 9.17) is 0 Å². The molecule has 0 heterocycles. The zero-order valence-electron chi connectivity index (χ0n) is 13.9. The molecule has 4 aromatic rings. The summed E-state index contributed by atoms with van der Waals surface area (Å²) in [6.45, 7) is 0. The molecule has 0 aliphatic heterocycles. The summed E-state index contributed by atoms with van der Waals surface area (Å²) < 4.78 is 0. The molecular weight excluding hydrogens is 324 g/mol. The molecule has 0 radical (unpaired) electrons. The van der Waals surface area contributed by atoms with Crippen molar-refractivity contribution in [3.8, 4) is 11.5 Å². The van der Waals surface area contributed by atoms with Crippen LogP contribution in [-0.4, -0.2) is 22.6 Å². The molecule has 0 saturated carbocycles. The number of phenols is 2. The number of aromatic hydroxyl groups is 2. The van der Waals surface area contributed by atoms with E-state index in [1.54, 1.807) is 12.1 Å². The average Bonchev–Trinajstić information content (AvgIpc) is 2.68. The van der Waals surface area contributed by atoms with Crippen molar-refractivity contribution >= 4 is 34.0 Å². The number of rotatable bonds is 3. The van der Waals surface area contributed by atoms with Crippen LogP contribution in [0.1, 0.15) is 11.1 Å². The summed E-state index contributed by atoms with van der Waals surface area (Å²) in [7, 11) is 0. The van der Waals surface area contributed by atoms with Crippen molar-refractivity contribution in [2.75, 3.05) is 0 Å². The van der Waals surface area contributed by atoms with E-state index < -0.39 is 0 Å². The highest BCUT2D eigenvalue weighted by Crippen LogP contribution is 2.26. The summed E-state index contributed by atoms with van der Waals surface area (Å²) in [5, 5.41) is 32.2. The monoisotopic (exact) mass is 340 g/mol. The Kier molecular flexibility index (Phi) is 4.07. The van der Waals surface area contributed by atoms with Gasteiger partial charge in [-0.3, -0.25) is 0 Å². The minimum atomic E-state index is 0.149. The molecule has 0 saturated heterocycles. The lowest BCUT2D eigenvalue weighted by molar-refractivity contribution is 0.474. The molecule has 0 bridgehead atoms. The normalized spacial score (nSPS) is 11.8. The van der Waals surface area contributed by atoms with Gasteiger partial charge in [0.05, 0.1) is 12.4 Å². The van der Waals surface area contributed by atoms with Crippen molar-refractivity contribution < 1.29 is 10.2 Å². The maximum Gasteiger partial charge on any atom is 0.125 e. The van der Waals surface area contributed by atoms with Gasteiger partial charge in [-0.2, -0.15) is 10.2 Å². The van der Waals surface area contributed by atoms with Crippen LogP contribution in [0.2, 0.25) is 0 Å². The van der Waals surface area contributed by atoms with E-state index in [2.05, 4.69) is 10.2 Å². The SMILES string of the molecule is Oc1ccc2ccccc2c1C=NN=Cc1c(O)ccc2ccccc12. The van der Waals surface area contributed by atoms with E-state index in [1.165, 1.54) is 12.4 Å². The molecule has 0 fully saturated rings. The van der Waals surface area contributed by atoms with Crippen LogP contribution in [0.3, 0.4) is 0 Å². The van der Waals surface area contributed by atoms with Crippen LogP contribution in [0.25, 0.3) is 21.5 Å². The van der Waals surface area contributed by atoms with Crippen molar-refractivity contribution in [3.05, 3.63) is 83.9 Å². The van der Waals surface area contributed by atoms with Gasteiger partial charge in [0.1, 0.15) is 11.5 Å². The average molecular weight is 340 g/mol. The second kappa shape index (κ2) is 6.69. The highest BCUT2D eigenvalue weighted by Gasteiger charge is 2.05. The van der Waals surface area contributed by atoms with Crippen LogP contribution in [0, 0.1) is 0 Å². The topological polar surface area (TPSA) is 65.2 Å². The zero-order chi connectivity index (χ0) is 17.9. The minimum absolute atomic E-state index is 0.149. The molecule has 0 aliphatic rings. The molecule has 0 unspecified atom stereocenters. The van der Waals surface area contributed by atoms with Crippen LogP contribution in [0.5, 0.6) is 11.5 Å². The predicted octanol–water partition coefficient (Wildman–Crippen LogP) is 4.86. The van der Waals surface area contributed by atoms with E-state index >= 15 is 0 Å². The minimum Gasteiger partial charge on any atom is -0.507 e. The van der Waals surface area contributed by atoms with Gasteiger partial charge in [-0.05, 0) is 33.7 Å². The number of hydrogen-bond acceptors (Lipinski definition) is 4. The first kappa shape index (κ1) is 15.8. The Morgan fingerprint density at radius 1 is 0.538 bits per heavy atom. The first-order chi connectivity index (χ1) is 12.7. The molecule has 4 aromatic carbocycles. The Balaban J connectivity index is 1.70. The van der Waals surface area contributed by atoms with Gasteiger partial charge in [0, 0.05) is 11.1 Å². The maximum absolute atomic E-state index is 10.1. The summed E-state index contributed by atoms with van der Waals surface area (Å²) in [6, 6.07) is 22.5. The van der Waals surface area contributed by atoms with Gasteiger partial charge < -0.3 is 10.2 Å². The van der Waals surface area contributed by atoms with Crippen molar-refractivity contribution in [1.29, 1.82) is 0 Å². The molecule has 0 aliphatic carbocycles. The van der Waals surface area contributed by atoms with Crippen molar-refractivity contribution in [2.24, 2.45) is 10.2 Å². The van der Waals surface area contributed by atoms with Crippen LogP contribution < -0.4 is 0 Å². The molecule has 26 heavy (non-hydrogen) atoms. The highest BCUT2D eigenvalue weighted by atomic mass is 16.3. The van der Waals surface area contributed by atoms with E-state index in [1.807, 2.05) is 60.7 Å². The number of phenolic OH excluding ortho intramolecular Hbond substituents is 2. The van der Waals surface area contributed by atoms with E-state index in [9.17, 15) is 10.2 Å². The zero-order valence-corrected chi connectivity index (χ0v) is 13.9. The molecule has 4 rings (SSSR count). The third kappa shape index (κ3) is 2.89. The molecule has 126 valence electrons. The molecule has 0 aromatic heterocycles. The summed E-state index contributed by atoms with van der Waals surface area (Å²) in [5.41, 5.74) is 1.23. The first-order valence-corrected chi connectivity index (χ1v) is 8.22. The molecule has 4 heteroatoms. The van der Waals surface area contributed by atoms with Gasteiger partial charge in [0.25, 0.3) is 0 Å². The Hall–Kier alpha value is -3.66. The lowest BCUT2D eigenvalue weighted by Gasteiger charge is -2.04. The largest absolute Gasteiger partial charge is 0.507 e. The fraction of sp³-hybridized carbons (Fsp3) is 0. The van der Waals surface area contributed by atoms with Crippen molar-refractivity contribution in [2.45, 2.75) is 0 Å². The third-order valence-electron chi connectivity index (χ3n) is 4.34. The van der Waals surface area contributed by atoms with E-state index in [0.29, 0.717) is 11.1 Å². The van der Waals surface area contributed by atoms with Gasteiger partial charge in [0.15, 0.2) is 0 Å². The molecular formula is C22H16N2O2. The Morgan fingerprint density at radius 2 is 0.962 bits per heavy atom. The third-order valence-corrected chi connectivity index (χ3v) is 4.34. The number of fused-ring (bicyclic) bond motifs is 2. The standard InChI is InChI=1S/C22H16N2O2/c25-21-11-9-15-5-1-3-7-17(15)19(21)13-23-24-14-20-18-8-4-2-6-16(18)10-12-22(20)26/h1-14,25-26H. The molecule has 0 spiro atoms. The summed E-state index contributed by atoms with van der Waals surface area (Å²) in [4.78, 5) is 0. The van der Waals surface area contributed by atoms with E-state index in [-0.39, 0.29) is 11.5 Å². The first-order valence-electron chi connectivity index (χ1n) is 8.22. The van der Waals surface area contributed by atoms with Gasteiger partial charge in [0.2, 0.25) is 0 Å². The van der Waals surface area contributed by atoms with Crippen LogP contribution >= 0.6 is 0 Å². The maximum atomic E-state index is 10.1. The van der Waals surface area contributed by atoms with Gasteiger partial charge >= 0.3 is 0 Å². The number of hydrogen-bond donors (Lipinski definition) is 2. The predicted molar refractivity (Wildman–Crippen MR) is 106 cm³/mol. The second-order valence-corrected chi connectivity index (χ2v) is 5.93. The van der Waals surface area contributed by atoms with Gasteiger partial charge in [-0.25, -0.2) is 0 Å².